The van der Waals surface area contributed by atoms with Crippen LogP contribution in [0.25, 0.3) is 0 Å². The van der Waals surface area contributed by atoms with Crippen LogP contribution in [-0.4, -0.2) is 103 Å². The van der Waals surface area contributed by atoms with E-state index in [4.69, 9.17) is 9.47 Å². The molecule has 5 N–H and O–H groups in total. The van der Waals surface area contributed by atoms with E-state index in [9.17, 15) is 38.7 Å². The first-order valence-electron chi connectivity index (χ1n) is 15.2. The van der Waals surface area contributed by atoms with Crippen LogP contribution < -0.4 is 21.3 Å². The first-order chi connectivity index (χ1) is 20.7. The van der Waals surface area contributed by atoms with Crippen molar-refractivity contribution >= 4 is 41.7 Å². The van der Waals surface area contributed by atoms with Crippen molar-refractivity contribution in [3.63, 3.8) is 0 Å². The van der Waals surface area contributed by atoms with Crippen molar-refractivity contribution in [2.24, 2.45) is 11.8 Å². The molecule has 15 nitrogen and oxygen atoms in total. The van der Waals surface area contributed by atoms with Crippen LogP contribution in [0.5, 0.6) is 0 Å². The van der Waals surface area contributed by atoms with Crippen molar-refractivity contribution in [3.8, 4) is 0 Å². The molecule has 15 heteroatoms. The zero-order valence-electron chi connectivity index (χ0n) is 28.1. The van der Waals surface area contributed by atoms with Crippen molar-refractivity contribution in [2.45, 2.75) is 111 Å². The van der Waals surface area contributed by atoms with Gasteiger partial charge in [0.1, 0.15) is 23.7 Å². The van der Waals surface area contributed by atoms with Gasteiger partial charge < -0.3 is 40.7 Å². The molecule has 3 atom stereocenters. The summed E-state index contributed by atoms with van der Waals surface area (Å²) in [6.45, 7) is 12.1. The molecule has 258 valence electrons. The fourth-order valence-corrected chi connectivity index (χ4v) is 3.69. The smallest absolute Gasteiger partial charge is 0.407 e. The molecule has 5 amide bonds. The van der Waals surface area contributed by atoms with Gasteiger partial charge in [-0.1, -0.05) is 27.7 Å². The summed E-state index contributed by atoms with van der Waals surface area (Å²) < 4.78 is 10.3. The molecule has 0 aliphatic heterocycles. The van der Waals surface area contributed by atoms with Crippen LogP contribution in [0, 0.1) is 11.8 Å². The van der Waals surface area contributed by atoms with Gasteiger partial charge in [-0.2, -0.15) is 0 Å². The van der Waals surface area contributed by atoms with Gasteiger partial charge in [-0.25, -0.2) is 9.59 Å². The van der Waals surface area contributed by atoms with E-state index >= 15 is 0 Å². The normalized spacial score (nSPS) is 13.2. The number of carbonyl (C=O) groups is 7. The number of nitrogens with one attached hydrogen (secondary N) is 4. The molecular weight excluding hydrogens is 590 g/mol. The fourth-order valence-electron chi connectivity index (χ4n) is 3.69. The van der Waals surface area contributed by atoms with Crippen molar-refractivity contribution in [2.75, 3.05) is 27.2 Å². The van der Waals surface area contributed by atoms with Gasteiger partial charge in [-0.15, -0.1) is 0 Å². The minimum Gasteiger partial charge on any atom is -0.480 e. The molecule has 0 spiro atoms. The van der Waals surface area contributed by atoms with Gasteiger partial charge in [0.25, 0.3) is 0 Å². The first-order valence-corrected chi connectivity index (χ1v) is 15.2. The lowest BCUT2D eigenvalue weighted by atomic mass is 10.0. The zero-order valence-corrected chi connectivity index (χ0v) is 28.1. The third-order valence-corrected chi connectivity index (χ3v) is 6.12. The number of rotatable bonds is 19. The van der Waals surface area contributed by atoms with Crippen LogP contribution in [0.15, 0.2) is 0 Å². The summed E-state index contributed by atoms with van der Waals surface area (Å²) >= 11 is 0. The van der Waals surface area contributed by atoms with Gasteiger partial charge in [-0.05, 0) is 51.9 Å². The Morgan fingerprint density at radius 3 is 1.93 bits per heavy atom. The highest BCUT2D eigenvalue weighted by atomic mass is 16.6. The highest BCUT2D eigenvalue weighted by molar-refractivity contribution is 5.93. The summed E-state index contributed by atoms with van der Waals surface area (Å²) in [6, 6.07) is -3.79. The second kappa shape index (κ2) is 20.2. The number of carboxylic acid groups (broad SMARTS) is 1. The van der Waals surface area contributed by atoms with Crippen LogP contribution in [0.2, 0.25) is 0 Å². The Bertz CT molecular complexity index is 1020. The molecule has 1 unspecified atom stereocenters. The molecule has 0 bridgehead atoms. The van der Waals surface area contributed by atoms with Crippen molar-refractivity contribution < 1.29 is 48.1 Å². The Morgan fingerprint density at radius 1 is 0.800 bits per heavy atom. The SMILES string of the molecule is CC(C)COC(=O)CC[C@H](NC(=O)CCCC(=O)N(C)C)C(=O)NC(C(=O)N[C@@H](CCNC(=O)OC(C)(C)C)C(=O)O)C(C)C. The minimum atomic E-state index is -1.39. The molecule has 0 aromatic heterocycles. The molecule has 0 rings (SSSR count). The average Bonchev–Trinajstić information content (AvgIpc) is 2.90. The van der Waals surface area contributed by atoms with Crippen molar-refractivity contribution in [1.82, 2.24) is 26.2 Å². The highest BCUT2D eigenvalue weighted by Crippen LogP contribution is 2.09. The first kappa shape index (κ1) is 41.1. The molecule has 0 fully saturated rings. The largest absolute Gasteiger partial charge is 0.480 e. The van der Waals surface area contributed by atoms with E-state index in [2.05, 4.69) is 21.3 Å². The topological polar surface area (TPSA) is 210 Å². The number of ether oxygens (including phenoxy) is 2. The summed E-state index contributed by atoms with van der Waals surface area (Å²) in [5.41, 5.74) is -0.746. The molecular formula is C30H53N5O10. The molecule has 0 saturated carbocycles. The van der Waals surface area contributed by atoms with E-state index in [0.717, 1.165) is 0 Å². The van der Waals surface area contributed by atoms with Gasteiger partial charge in [0.05, 0.1) is 6.61 Å². The highest BCUT2D eigenvalue weighted by Gasteiger charge is 2.32. The van der Waals surface area contributed by atoms with Crippen LogP contribution >= 0.6 is 0 Å². The van der Waals surface area contributed by atoms with E-state index in [-0.39, 0.29) is 63.5 Å². The minimum absolute atomic E-state index is 0.0487. The maximum absolute atomic E-state index is 13.3. The third kappa shape index (κ3) is 19.2. The Hall–Kier alpha value is -3.91. The van der Waals surface area contributed by atoms with E-state index in [1.165, 1.54) is 4.90 Å². The van der Waals surface area contributed by atoms with Crippen molar-refractivity contribution in [1.29, 1.82) is 0 Å². The lowest BCUT2D eigenvalue weighted by Crippen LogP contribution is -2.57. The summed E-state index contributed by atoms with van der Waals surface area (Å²) in [5.74, 6) is -4.51. The van der Waals surface area contributed by atoms with Gasteiger partial charge in [0.2, 0.25) is 23.6 Å². The molecule has 0 aliphatic carbocycles. The van der Waals surface area contributed by atoms with E-state index in [1.54, 1.807) is 48.7 Å². The molecule has 0 aromatic rings. The fraction of sp³-hybridized carbons (Fsp3) is 0.767. The number of hydrogen-bond donors (Lipinski definition) is 5. The van der Waals surface area contributed by atoms with E-state index in [0.29, 0.717) is 0 Å². The summed E-state index contributed by atoms with van der Waals surface area (Å²) in [4.78, 5) is 88.3. The number of esters is 1. The second-order valence-corrected chi connectivity index (χ2v) is 12.7. The number of amides is 5. The number of hydrogen-bond acceptors (Lipinski definition) is 9. The lowest BCUT2D eigenvalue weighted by Gasteiger charge is -2.27. The molecule has 0 saturated heterocycles. The number of alkyl carbamates (subject to hydrolysis) is 1. The molecule has 0 aromatic carbocycles. The number of nitrogens with zero attached hydrogens (tertiary/aromatic N) is 1. The van der Waals surface area contributed by atoms with Gasteiger partial charge in [0.15, 0.2) is 0 Å². The Balaban J connectivity index is 5.53. The number of carbonyl (C=O) groups excluding carboxylic acids is 6. The zero-order chi connectivity index (χ0) is 34.9. The Kier molecular flexibility index (Phi) is 18.4. The molecule has 0 aliphatic rings. The maximum atomic E-state index is 13.3. The summed E-state index contributed by atoms with van der Waals surface area (Å²) in [5, 5.41) is 19.6. The van der Waals surface area contributed by atoms with Gasteiger partial charge in [-0.3, -0.25) is 24.0 Å². The van der Waals surface area contributed by atoms with Crippen LogP contribution in [0.4, 0.5) is 4.79 Å². The quantitative estimate of drug-likeness (QED) is 0.128. The van der Waals surface area contributed by atoms with Gasteiger partial charge in [0, 0.05) is 39.9 Å². The van der Waals surface area contributed by atoms with Crippen LogP contribution in [-0.2, 0) is 38.2 Å². The standard InChI is InChI=1S/C30H53N5O10/c1-18(2)17-44-24(38)14-13-20(32-22(36)11-10-12-23(37)35(8)9)26(39)34-25(19(3)4)27(40)33-21(28(41)42)15-16-31-29(43)45-30(5,6)7/h18-21,25H,10-17H2,1-9H3,(H,31,43)(H,32,36)(H,33,40)(H,34,39)(H,41,42)/t20-,21-,25?/m0/s1. The number of aliphatic carboxylic acids is 1. The Labute approximate surface area is 265 Å². The van der Waals surface area contributed by atoms with E-state index < -0.39 is 65.4 Å². The monoisotopic (exact) mass is 643 g/mol. The summed E-state index contributed by atoms with van der Waals surface area (Å²) in [7, 11) is 3.20. The predicted molar refractivity (Wildman–Crippen MR) is 165 cm³/mol. The second-order valence-electron chi connectivity index (χ2n) is 12.7. The Morgan fingerprint density at radius 2 is 1.42 bits per heavy atom. The predicted octanol–water partition coefficient (Wildman–Crippen LogP) is 1.33. The van der Waals surface area contributed by atoms with Gasteiger partial charge >= 0.3 is 18.0 Å². The van der Waals surface area contributed by atoms with Crippen LogP contribution in [0.3, 0.4) is 0 Å². The lowest BCUT2D eigenvalue weighted by molar-refractivity contribution is -0.145. The van der Waals surface area contributed by atoms with Crippen LogP contribution in [0.1, 0.15) is 87.0 Å². The van der Waals surface area contributed by atoms with E-state index in [1.807, 2.05) is 13.8 Å². The third-order valence-electron chi connectivity index (χ3n) is 6.12. The summed E-state index contributed by atoms with van der Waals surface area (Å²) in [6.07, 6.45) is -0.883. The van der Waals surface area contributed by atoms with Crippen molar-refractivity contribution in [3.05, 3.63) is 0 Å². The molecule has 0 radical (unpaired) electrons. The molecule has 45 heavy (non-hydrogen) atoms. The number of carboxylic acids is 1. The maximum Gasteiger partial charge on any atom is 0.407 e. The average molecular weight is 644 g/mol. The molecule has 0 heterocycles.